The van der Waals surface area contributed by atoms with Gasteiger partial charge in [-0.15, -0.1) is 0 Å². The van der Waals surface area contributed by atoms with Gasteiger partial charge in [-0.3, -0.25) is 0 Å². The Morgan fingerprint density at radius 2 is 0.787 bits per heavy atom. The fraction of sp³-hybridized carbons (Fsp3) is 0.0698. The van der Waals surface area contributed by atoms with Crippen LogP contribution < -0.4 is 0 Å². The van der Waals surface area contributed by atoms with Crippen LogP contribution in [0.3, 0.4) is 0 Å². The molecule has 2 aromatic heterocycles. The molecule has 0 aliphatic heterocycles. The molecule has 1 aliphatic carbocycles. The second-order valence-corrected chi connectivity index (χ2v) is 12.7. The molecule has 4 nitrogen and oxygen atoms in total. The number of para-hydroxylation sites is 2. The minimum Gasteiger partial charge on any atom is -0.228 e. The number of fused-ring (bicyclic) bond motifs is 5. The number of benzene rings is 6. The van der Waals surface area contributed by atoms with Crippen molar-refractivity contribution >= 4 is 21.8 Å². The molecule has 8 aromatic rings. The minimum atomic E-state index is -0.229. The first-order valence-electron chi connectivity index (χ1n) is 16.0. The van der Waals surface area contributed by atoms with Crippen LogP contribution in [-0.2, 0) is 5.41 Å². The molecule has 0 saturated carbocycles. The lowest BCUT2D eigenvalue weighted by molar-refractivity contribution is 0.661. The first kappa shape index (κ1) is 27.3. The van der Waals surface area contributed by atoms with E-state index in [4.69, 9.17) is 19.9 Å². The monoisotopic (exact) mass is 602 g/mol. The highest BCUT2D eigenvalue weighted by Crippen LogP contribution is 2.51. The molecule has 1 aliphatic rings. The predicted octanol–water partition coefficient (Wildman–Crippen LogP) is 10.5. The molecule has 0 unspecified atom stereocenters. The molecule has 0 radical (unpaired) electrons. The van der Waals surface area contributed by atoms with E-state index in [0.717, 1.165) is 67.1 Å². The normalized spacial score (nSPS) is 13.1. The van der Waals surface area contributed by atoms with Crippen molar-refractivity contribution in [3.8, 4) is 56.4 Å². The Labute approximate surface area is 273 Å². The lowest BCUT2D eigenvalue weighted by Crippen LogP contribution is -2.15. The third kappa shape index (κ3) is 4.44. The first-order chi connectivity index (χ1) is 23.0. The van der Waals surface area contributed by atoms with Crippen LogP contribution in [-0.4, -0.2) is 19.9 Å². The molecule has 0 fully saturated rings. The molecule has 9 rings (SSSR count). The van der Waals surface area contributed by atoms with Crippen LogP contribution in [0.2, 0.25) is 0 Å². The molecule has 0 N–H and O–H groups in total. The summed E-state index contributed by atoms with van der Waals surface area (Å²) in [5.74, 6) is 1.47. The standard InChI is InChI=1S/C43H30N4/c1-43(2)35-25-29(39-33-17-9-11-19-37(33)44-41(46-39)27-13-5-3-6-14-27)21-23-31(35)32-24-22-30(26-36(32)43)40-34-18-10-12-20-38(34)45-42(47-40)28-15-7-4-8-16-28/h3-26H,1-2H3. The summed E-state index contributed by atoms with van der Waals surface area (Å²) in [7, 11) is 0. The second kappa shape index (κ2) is 10.5. The van der Waals surface area contributed by atoms with Crippen molar-refractivity contribution in [2.24, 2.45) is 0 Å². The molecule has 6 aromatic carbocycles. The summed E-state index contributed by atoms with van der Waals surface area (Å²) in [4.78, 5) is 20.2. The second-order valence-electron chi connectivity index (χ2n) is 12.7. The highest BCUT2D eigenvalue weighted by molar-refractivity contribution is 5.97. The van der Waals surface area contributed by atoms with Crippen LogP contribution in [0, 0.1) is 0 Å². The number of aromatic nitrogens is 4. The molecule has 2 heterocycles. The predicted molar refractivity (Wildman–Crippen MR) is 192 cm³/mol. The van der Waals surface area contributed by atoms with Crippen LogP contribution in [0.15, 0.2) is 146 Å². The Kier molecular flexibility index (Phi) is 6.12. The molecule has 222 valence electrons. The lowest BCUT2D eigenvalue weighted by Gasteiger charge is -2.23. The maximum atomic E-state index is 5.15. The van der Waals surface area contributed by atoms with Gasteiger partial charge in [0.05, 0.1) is 22.4 Å². The Bertz CT molecular complexity index is 2310. The Hall–Kier alpha value is -6.00. The topological polar surface area (TPSA) is 51.6 Å². The third-order valence-electron chi connectivity index (χ3n) is 9.49. The van der Waals surface area contributed by atoms with E-state index < -0.39 is 0 Å². The van der Waals surface area contributed by atoms with Gasteiger partial charge in [0.1, 0.15) is 0 Å². The number of hydrogen-bond donors (Lipinski definition) is 0. The first-order valence-corrected chi connectivity index (χ1v) is 16.0. The van der Waals surface area contributed by atoms with Crippen molar-refractivity contribution in [1.29, 1.82) is 0 Å². The summed E-state index contributed by atoms with van der Waals surface area (Å²) in [5, 5.41) is 2.10. The Balaban J connectivity index is 1.18. The number of nitrogens with zero attached hydrogens (tertiary/aromatic N) is 4. The molecule has 0 spiro atoms. The molecule has 0 atom stereocenters. The van der Waals surface area contributed by atoms with E-state index in [2.05, 4.69) is 111 Å². The maximum absolute atomic E-state index is 5.15. The molecule has 47 heavy (non-hydrogen) atoms. The van der Waals surface area contributed by atoms with Gasteiger partial charge in [-0.25, -0.2) is 19.9 Å². The van der Waals surface area contributed by atoms with Crippen LogP contribution in [0.5, 0.6) is 0 Å². The smallest absolute Gasteiger partial charge is 0.160 e. The average molecular weight is 603 g/mol. The molecule has 4 heteroatoms. The summed E-state index contributed by atoms with van der Waals surface area (Å²) >= 11 is 0. The van der Waals surface area contributed by atoms with Crippen LogP contribution in [0.25, 0.3) is 78.2 Å². The third-order valence-corrected chi connectivity index (χ3v) is 9.49. The van der Waals surface area contributed by atoms with Crippen molar-refractivity contribution in [1.82, 2.24) is 19.9 Å². The minimum absolute atomic E-state index is 0.229. The SMILES string of the molecule is CC1(C)c2cc(-c3nc(-c4ccccc4)nc4ccccc34)ccc2-c2ccc(-c3nc(-c4ccccc4)nc4ccccc34)cc21. The fourth-order valence-corrected chi connectivity index (χ4v) is 7.06. The van der Waals surface area contributed by atoms with Crippen LogP contribution in [0.4, 0.5) is 0 Å². The number of hydrogen-bond acceptors (Lipinski definition) is 4. The van der Waals surface area contributed by atoms with Gasteiger partial charge in [0.2, 0.25) is 0 Å². The Morgan fingerprint density at radius 3 is 1.23 bits per heavy atom. The van der Waals surface area contributed by atoms with E-state index in [1.54, 1.807) is 0 Å². The molecular weight excluding hydrogens is 573 g/mol. The van der Waals surface area contributed by atoms with Crippen molar-refractivity contribution in [3.63, 3.8) is 0 Å². The van der Waals surface area contributed by atoms with E-state index in [9.17, 15) is 0 Å². The molecule has 0 saturated heterocycles. The number of rotatable bonds is 4. The van der Waals surface area contributed by atoms with Gasteiger partial charge in [0, 0.05) is 38.4 Å². The largest absolute Gasteiger partial charge is 0.228 e. The Morgan fingerprint density at radius 1 is 0.383 bits per heavy atom. The molecule has 0 bridgehead atoms. The zero-order chi connectivity index (χ0) is 31.5. The van der Waals surface area contributed by atoms with E-state index in [-0.39, 0.29) is 5.41 Å². The van der Waals surface area contributed by atoms with E-state index >= 15 is 0 Å². The quantitative estimate of drug-likeness (QED) is 0.201. The summed E-state index contributed by atoms with van der Waals surface area (Å²) in [6, 6.07) is 50.7. The van der Waals surface area contributed by atoms with Gasteiger partial charge < -0.3 is 0 Å². The van der Waals surface area contributed by atoms with E-state index in [1.165, 1.54) is 22.3 Å². The van der Waals surface area contributed by atoms with Crippen molar-refractivity contribution in [2.45, 2.75) is 19.3 Å². The summed E-state index contributed by atoms with van der Waals surface area (Å²) in [6.07, 6.45) is 0. The van der Waals surface area contributed by atoms with Crippen molar-refractivity contribution in [2.75, 3.05) is 0 Å². The van der Waals surface area contributed by atoms with Gasteiger partial charge in [0.15, 0.2) is 11.6 Å². The van der Waals surface area contributed by atoms with Gasteiger partial charge in [-0.1, -0.05) is 135 Å². The van der Waals surface area contributed by atoms with Crippen LogP contribution >= 0.6 is 0 Å². The molecule has 0 amide bonds. The van der Waals surface area contributed by atoms with Gasteiger partial charge in [-0.2, -0.15) is 0 Å². The van der Waals surface area contributed by atoms with Gasteiger partial charge >= 0.3 is 0 Å². The zero-order valence-electron chi connectivity index (χ0n) is 26.1. The van der Waals surface area contributed by atoms with Gasteiger partial charge in [-0.05, 0) is 46.5 Å². The molecular formula is C43H30N4. The van der Waals surface area contributed by atoms with E-state index in [0.29, 0.717) is 0 Å². The highest BCUT2D eigenvalue weighted by Gasteiger charge is 2.36. The maximum Gasteiger partial charge on any atom is 0.160 e. The summed E-state index contributed by atoms with van der Waals surface area (Å²) in [6.45, 7) is 4.65. The summed E-state index contributed by atoms with van der Waals surface area (Å²) in [5.41, 5.74) is 12.9. The van der Waals surface area contributed by atoms with Gasteiger partial charge in [0.25, 0.3) is 0 Å². The van der Waals surface area contributed by atoms with Crippen molar-refractivity contribution < 1.29 is 0 Å². The average Bonchev–Trinajstić information content (AvgIpc) is 3.36. The van der Waals surface area contributed by atoms with Crippen molar-refractivity contribution in [3.05, 3.63) is 157 Å². The zero-order valence-corrected chi connectivity index (χ0v) is 26.1. The highest BCUT2D eigenvalue weighted by atomic mass is 14.9. The fourth-order valence-electron chi connectivity index (χ4n) is 7.06. The van der Waals surface area contributed by atoms with E-state index in [1.807, 2.05) is 48.5 Å². The lowest BCUT2D eigenvalue weighted by atomic mass is 9.81. The summed E-state index contributed by atoms with van der Waals surface area (Å²) < 4.78 is 0. The van der Waals surface area contributed by atoms with Crippen LogP contribution in [0.1, 0.15) is 25.0 Å².